The van der Waals surface area contributed by atoms with Gasteiger partial charge in [0.2, 0.25) is 0 Å². The van der Waals surface area contributed by atoms with Crippen LogP contribution in [0.2, 0.25) is 0 Å². The molecule has 0 aromatic rings. The number of allylic oxidation sites excluding steroid dienone is 3. The van der Waals surface area contributed by atoms with Crippen LogP contribution >= 0.6 is 0 Å². The monoisotopic (exact) mass is 120 g/mol. The largest absolute Gasteiger partial charge is 0.496 e. The van der Waals surface area contributed by atoms with E-state index in [2.05, 4.69) is 11.5 Å². The van der Waals surface area contributed by atoms with E-state index in [-0.39, 0.29) is 0 Å². The van der Waals surface area contributed by atoms with Crippen LogP contribution in [0.1, 0.15) is 6.92 Å². The zero-order chi connectivity index (χ0) is 6.69. The summed E-state index contributed by atoms with van der Waals surface area (Å²) >= 11 is 0. The number of methoxy groups -OCH3 is 1. The van der Waals surface area contributed by atoms with Crippen LogP contribution in [0.3, 0.4) is 0 Å². The lowest BCUT2D eigenvalue weighted by atomic mass is 10.2. The van der Waals surface area contributed by atoms with Crippen molar-refractivity contribution >= 4 is 0 Å². The summed E-state index contributed by atoms with van der Waals surface area (Å²) < 4.78 is 4.94. The van der Waals surface area contributed by atoms with Gasteiger partial charge in [0, 0.05) is 11.6 Å². The summed E-state index contributed by atoms with van der Waals surface area (Å²) in [5.74, 6) is 0.839. The third kappa shape index (κ3) is 1.36. The summed E-state index contributed by atoms with van der Waals surface area (Å²) in [7, 11) is 1.64. The molecular weight excluding hydrogens is 112 g/mol. The lowest BCUT2D eigenvalue weighted by Gasteiger charge is -1.98. The molecule has 0 bridgehead atoms. The Kier molecular flexibility index (Phi) is 1.60. The van der Waals surface area contributed by atoms with Crippen LogP contribution in [0.4, 0.5) is 0 Å². The lowest BCUT2D eigenvalue weighted by molar-refractivity contribution is 0.306. The van der Waals surface area contributed by atoms with Crippen molar-refractivity contribution in [1.29, 1.82) is 0 Å². The van der Waals surface area contributed by atoms with E-state index in [1.165, 1.54) is 0 Å². The van der Waals surface area contributed by atoms with Crippen molar-refractivity contribution in [2.45, 2.75) is 6.92 Å². The zero-order valence-electron chi connectivity index (χ0n) is 5.56. The molecule has 46 valence electrons. The Labute approximate surface area is 54.6 Å². The van der Waals surface area contributed by atoms with E-state index < -0.39 is 0 Å². The molecule has 0 aliphatic heterocycles. The molecule has 0 radical (unpaired) electrons. The van der Waals surface area contributed by atoms with Crippen molar-refractivity contribution in [3.8, 4) is 0 Å². The van der Waals surface area contributed by atoms with Crippen LogP contribution in [0.5, 0.6) is 0 Å². The average molecular weight is 120 g/mol. The van der Waals surface area contributed by atoms with Gasteiger partial charge in [-0.15, -0.1) is 0 Å². The molecule has 0 N–H and O–H groups in total. The minimum Gasteiger partial charge on any atom is -0.496 e. The molecule has 9 heavy (non-hydrogen) atoms. The number of ether oxygens (including phenoxy) is 1. The second kappa shape index (κ2) is 2.41. The third-order valence-corrected chi connectivity index (χ3v) is 1.08. The summed E-state index contributed by atoms with van der Waals surface area (Å²) in [4.78, 5) is 0. The van der Waals surface area contributed by atoms with Crippen molar-refractivity contribution in [3.63, 3.8) is 0 Å². The van der Waals surface area contributed by atoms with Crippen molar-refractivity contribution in [1.82, 2.24) is 0 Å². The molecule has 0 atom stereocenters. The van der Waals surface area contributed by atoms with E-state index in [9.17, 15) is 0 Å². The van der Waals surface area contributed by atoms with Gasteiger partial charge in [-0.1, -0.05) is 11.5 Å². The highest BCUT2D eigenvalue weighted by Gasteiger charge is 1.91. The maximum atomic E-state index is 4.94. The van der Waals surface area contributed by atoms with Gasteiger partial charge in [-0.25, -0.2) is 0 Å². The molecule has 0 fully saturated rings. The highest BCUT2D eigenvalue weighted by Crippen LogP contribution is 2.05. The predicted octanol–water partition coefficient (Wildman–Crippen LogP) is 1.79. The van der Waals surface area contributed by atoms with Gasteiger partial charge in [0.05, 0.1) is 7.11 Å². The summed E-state index contributed by atoms with van der Waals surface area (Å²) in [6, 6.07) is 0. The predicted molar refractivity (Wildman–Crippen MR) is 35.9 cm³/mol. The molecule has 0 heterocycles. The molecule has 0 saturated heterocycles. The minimum absolute atomic E-state index is 0.839. The first-order chi connectivity index (χ1) is 4.33. The number of rotatable bonds is 1. The fraction of sp³-hybridized carbons (Fsp3) is 0.250. The van der Waals surface area contributed by atoms with Gasteiger partial charge < -0.3 is 4.74 Å². The summed E-state index contributed by atoms with van der Waals surface area (Å²) in [5.41, 5.74) is 6.78. The Balaban J connectivity index is 2.92. The van der Waals surface area contributed by atoms with Gasteiger partial charge in [-0.05, 0) is 13.0 Å². The zero-order valence-corrected chi connectivity index (χ0v) is 5.56. The van der Waals surface area contributed by atoms with Crippen LogP contribution in [0, 0.1) is 0 Å². The molecule has 0 spiro atoms. The number of hydrogen-bond acceptors (Lipinski definition) is 1. The van der Waals surface area contributed by atoms with Crippen LogP contribution in [-0.4, -0.2) is 7.11 Å². The SMILES string of the molecule is COC1=CC(C)=C=C=C1. The summed E-state index contributed by atoms with van der Waals surface area (Å²) in [6.45, 7) is 1.96. The van der Waals surface area contributed by atoms with Crippen LogP contribution in [0.15, 0.2) is 34.9 Å². The molecule has 0 saturated carbocycles. The fourth-order valence-electron chi connectivity index (χ4n) is 0.630. The first kappa shape index (κ1) is 5.97. The molecule has 1 aliphatic rings. The second-order valence-corrected chi connectivity index (χ2v) is 1.85. The highest BCUT2D eigenvalue weighted by molar-refractivity contribution is 5.28. The topological polar surface area (TPSA) is 9.23 Å². The molecule has 1 aliphatic carbocycles. The van der Waals surface area contributed by atoms with E-state index >= 15 is 0 Å². The molecule has 1 nitrogen and oxygen atoms in total. The van der Waals surface area contributed by atoms with Gasteiger partial charge in [0.25, 0.3) is 0 Å². The first-order valence-corrected chi connectivity index (χ1v) is 2.77. The van der Waals surface area contributed by atoms with Crippen molar-refractivity contribution in [2.75, 3.05) is 7.11 Å². The molecule has 0 amide bonds. The molecule has 0 aromatic carbocycles. The molecular formula is C8H8O. The van der Waals surface area contributed by atoms with E-state index in [0.717, 1.165) is 11.3 Å². The summed E-state index contributed by atoms with van der Waals surface area (Å²) in [5, 5.41) is 0. The van der Waals surface area contributed by atoms with Gasteiger partial charge in [0.1, 0.15) is 5.76 Å². The van der Waals surface area contributed by atoms with Gasteiger partial charge in [0.15, 0.2) is 0 Å². The maximum Gasteiger partial charge on any atom is 0.128 e. The Hall–Kier alpha value is -1.16. The van der Waals surface area contributed by atoms with Gasteiger partial charge in [-0.3, -0.25) is 0 Å². The van der Waals surface area contributed by atoms with E-state index in [1.54, 1.807) is 13.2 Å². The fourth-order valence-corrected chi connectivity index (χ4v) is 0.630. The first-order valence-electron chi connectivity index (χ1n) is 2.77. The van der Waals surface area contributed by atoms with E-state index in [4.69, 9.17) is 4.74 Å². The normalized spacial score (nSPS) is 14.9. The van der Waals surface area contributed by atoms with Gasteiger partial charge in [-0.2, -0.15) is 0 Å². The van der Waals surface area contributed by atoms with Crippen molar-refractivity contribution < 1.29 is 4.74 Å². The molecule has 0 unspecified atom stereocenters. The van der Waals surface area contributed by atoms with Crippen LogP contribution in [-0.2, 0) is 4.74 Å². The van der Waals surface area contributed by atoms with Crippen molar-refractivity contribution in [2.24, 2.45) is 0 Å². The Morgan fingerprint density at radius 1 is 1.56 bits per heavy atom. The van der Waals surface area contributed by atoms with Crippen LogP contribution in [0.25, 0.3) is 0 Å². The molecule has 1 heteroatoms. The van der Waals surface area contributed by atoms with E-state index in [0.29, 0.717) is 0 Å². The van der Waals surface area contributed by atoms with E-state index in [1.807, 2.05) is 13.0 Å². The Bertz CT molecular complexity index is 233. The Morgan fingerprint density at radius 2 is 2.33 bits per heavy atom. The quantitative estimate of drug-likeness (QED) is 0.479. The standard InChI is InChI=1S/C8H8O/c1-7-4-3-5-8(6-7)9-2/h5-6H,1-2H3. The molecule has 1 rings (SSSR count). The highest BCUT2D eigenvalue weighted by atomic mass is 16.5. The third-order valence-electron chi connectivity index (χ3n) is 1.08. The van der Waals surface area contributed by atoms with Crippen molar-refractivity contribution in [3.05, 3.63) is 34.9 Å². The smallest absolute Gasteiger partial charge is 0.128 e. The second-order valence-electron chi connectivity index (χ2n) is 1.85. The Morgan fingerprint density at radius 3 is 2.78 bits per heavy atom. The summed E-state index contributed by atoms with van der Waals surface area (Å²) in [6.07, 6.45) is 3.67. The molecule has 0 aromatic heterocycles. The van der Waals surface area contributed by atoms with Crippen LogP contribution < -0.4 is 0 Å². The number of hydrogen-bond donors (Lipinski definition) is 0. The minimum atomic E-state index is 0.839. The maximum absolute atomic E-state index is 4.94. The average Bonchev–Trinajstić information content (AvgIpc) is 1.88. The van der Waals surface area contributed by atoms with Gasteiger partial charge >= 0.3 is 0 Å². The lowest BCUT2D eigenvalue weighted by Crippen LogP contribution is -1.82.